The quantitative estimate of drug-likeness (QED) is 0.895. The number of amides is 1. The minimum atomic E-state index is -1.05. The molecule has 0 bridgehead atoms. The molecular formula is C18H21N3O4. The second kappa shape index (κ2) is 7.06. The van der Waals surface area contributed by atoms with Crippen LogP contribution < -0.4 is 0 Å². The molecule has 2 heterocycles. The zero-order valence-corrected chi connectivity index (χ0v) is 14.1. The van der Waals surface area contributed by atoms with Crippen molar-refractivity contribution in [1.29, 1.82) is 0 Å². The minimum absolute atomic E-state index is 0.0902. The van der Waals surface area contributed by atoms with Crippen LogP contribution in [0, 0.1) is 5.41 Å². The largest absolute Gasteiger partial charge is 0.481 e. The monoisotopic (exact) mass is 343 g/mol. The Kier molecular flexibility index (Phi) is 4.85. The summed E-state index contributed by atoms with van der Waals surface area (Å²) in [6.45, 7) is 0.764. The molecule has 1 saturated heterocycles. The van der Waals surface area contributed by atoms with Gasteiger partial charge in [-0.25, -0.2) is 4.68 Å². The molecule has 0 aliphatic carbocycles. The highest BCUT2D eigenvalue weighted by molar-refractivity contribution is 5.98. The Morgan fingerprint density at radius 3 is 2.80 bits per heavy atom. The van der Waals surface area contributed by atoms with Crippen LogP contribution in [0.1, 0.15) is 23.2 Å². The van der Waals surface area contributed by atoms with Gasteiger partial charge < -0.3 is 14.7 Å². The highest BCUT2D eigenvalue weighted by Gasteiger charge is 2.44. The number of hydrogen-bond donors (Lipinski definition) is 1. The normalized spacial score (nSPS) is 20.4. The molecule has 1 fully saturated rings. The minimum Gasteiger partial charge on any atom is -0.481 e. The Hall–Kier alpha value is -2.67. The van der Waals surface area contributed by atoms with Crippen molar-refractivity contribution in [2.45, 2.75) is 12.8 Å². The zero-order valence-electron chi connectivity index (χ0n) is 14.1. The van der Waals surface area contributed by atoms with Crippen molar-refractivity contribution in [3.8, 4) is 5.69 Å². The van der Waals surface area contributed by atoms with E-state index in [9.17, 15) is 14.7 Å². The fraction of sp³-hybridized carbons (Fsp3) is 0.389. The van der Waals surface area contributed by atoms with E-state index in [1.165, 1.54) is 7.11 Å². The van der Waals surface area contributed by atoms with Gasteiger partial charge in [-0.05, 0) is 31.0 Å². The molecule has 132 valence electrons. The number of rotatable bonds is 5. The second-order valence-corrected chi connectivity index (χ2v) is 6.32. The molecule has 1 amide bonds. The fourth-order valence-electron chi connectivity index (χ4n) is 3.37. The van der Waals surface area contributed by atoms with Gasteiger partial charge in [0.15, 0.2) is 0 Å². The van der Waals surface area contributed by atoms with E-state index in [1.807, 2.05) is 12.1 Å². The molecule has 0 radical (unpaired) electrons. The lowest BCUT2D eigenvalue weighted by molar-refractivity contribution is -0.155. The maximum absolute atomic E-state index is 13.1. The lowest BCUT2D eigenvalue weighted by atomic mass is 9.80. The first kappa shape index (κ1) is 17.2. The zero-order chi connectivity index (χ0) is 17.9. The van der Waals surface area contributed by atoms with Crippen molar-refractivity contribution in [2.24, 2.45) is 5.41 Å². The Morgan fingerprint density at radius 1 is 1.32 bits per heavy atom. The van der Waals surface area contributed by atoms with Gasteiger partial charge >= 0.3 is 5.97 Å². The summed E-state index contributed by atoms with van der Waals surface area (Å²) in [6.07, 6.45) is 4.55. The summed E-state index contributed by atoms with van der Waals surface area (Å²) in [7, 11) is 1.48. The number of benzene rings is 1. The molecule has 1 N–H and O–H groups in total. The van der Waals surface area contributed by atoms with Gasteiger partial charge in [-0.15, -0.1) is 0 Å². The summed E-state index contributed by atoms with van der Waals surface area (Å²) in [5, 5.41) is 13.9. The topological polar surface area (TPSA) is 84.7 Å². The molecule has 1 atom stereocenters. The average molecular weight is 343 g/mol. The van der Waals surface area contributed by atoms with Gasteiger partial charge in [0.25, 0.3) is 5.91 Å². The maximum Gasteiger partial charge on any atom is 0.313 e. The van der Waals surface area contributed by atoms with Crippen molar-refractivity contribution in [3.05, 3.63) is 48.3 Å². The summed E-state index contributed by atoms with van der Waals surface area (Å²) < 4.78 is 6.77. The molecule has 0 spiro atoms. The number of aromatic nitrogens is 2. The van der Waals surface area contributed by atoms with Gasteiger partial charge in [0, 0.05) is 32.6 Å². The molecule has 0 saturated carbocycles. The van der Waals surface area contributed by atoms with E-state index in [0.29, 0.717) is 30.6 Å². The van der Waals surface area contributed by atoms with Gasteiger partial charge in [-0.3, -0.25) is 9.59 Å². The molecule has 1 aromatic carbocycles. The average Bonchev–Trinajstić information content (AvgIpc) is 3.16. The van der Waals surface area contributed by atoms with Crippen LogP contribution >= 0.6 is 0 Å². The highest BCUT2D eigenvalue weighted by atomic mass is 16.5. The van der Waals surface area contributed by atoms with Crippen molar-refractivity contribution in [3.63, 3.8) is 0 Å². The number of methoxy groups -OCH3 is 1. The third-order valence-electron chi connectivity index (χ3n) is 4.62. The highest BCUT2D eigenvalue weighted by Crippen LogP contribution is 2.32. The van der Waals surface area contributed by atoms with E-state index in [0.717, 1.165) is 0 Å². The third-order valence-corrected chi connectivity index (χ3v) is 4.62. The van der Waals surface area contributed by atoms with Gasteiger partial charge in [0.05, 0.1) is 17.9 Å². The Bertz CT molecular complexity index is 755. The first-order valence-electron chi connectivity index (χ1n) is 8.18. The van der Waals surface area contributed by atoms with Crippen LogP contribution in [0.2, 0.25) is 0 Å². The Morgan fingerprint density at radius 2 is 2.12 bits per heavy atom. The summed E-state index contributed by atoms with van der Waals surface area (Å²) in [5.74, 6) is -1.11. The van der Waals surface area contributed by atoms with Crippen LogP contribution in [0.3, 0.4) is 0 Å². The molecule has 2 aromatic rings. The van der Waals surface area contributed by atoms with Crippen LogP contribution in [0.15, 0.2) is 42.7 Å². The van der Waals surface area contributed by atoms with Crippen molar-refractivity contribution >= 4 is 11.9 Å². The number of carboxylic acid groups (broad SMARTS) is 1. The number of aliphatic carboxylic acids is 1. The summed E-state index contributed by atoms with van der Waals surface area (Å²) in [6, 6.07) is 8.99. The SMILES string of the molecule is COCC1(C(=O)O)CCCN(C(=O)c2ccccc2-n2cccn2)C1. The molecule has 1 aliphatic heterocycles. The second-order valence-electron chi connectivity index (χ2n) is 6.32. The van der Waals surface area contributed by atoms with Gasteiger partial charge in [0.2, 0.25) is 0 Å². The van der Waals surface area contributed by atoms with Crippen molar-refractivity contribution < 1.29 is 19.4 Å². The first-order chi connectivity index (χ1) is 12.1. The number of carboxylic acids is 1. The van der Waals surface area contributed by atoms with Crippen LogP contribution in [-0.4, -0.2) is 58.5 Å². The van der Waals surface area contributed by atoms with Crippen LogP contribution in [0.5, 0.6) is 0 Å². The Balaban J connectivity index is 1.90. The summed E-state index contributed by atoms with van der Waals surface area (Å²) in [5.41, 5.74) is 0.129. The predicted molar refractivity (Wildman–Crippen MR) is 90.6 cm³/mol. The standard InChI is InChI=1S/C18H21N3O4/c1-25-13-18(17(23)24)8-4-10-20(12-18)16(22)14-6-2-3-7-15(14)21-11-5-9-19-21/h2-3,5-7,9,11H,4,8,10,12-13H2,1H3,(H,23,24). The molecule has 7 heteroatoms. The maximum atomic E-state index is 13.1. The lowest BCUT2D eigenvalue weighted by Gasteiger charge is -2.39. The van der Waals surface area contributed by atoms with E-state index in [1.54, 1.807) is 40.2 Å². The van der Waals surface area contributed by atoms with Gasteiger partial charge in [0.1, 0.15) is 5.41 Å². The number of para-hydroxylation sites is 1. The van der Waals surface area contributed by atoms with E-state index in [2.05, 4.69) is 5.10 Å². The van der Waals surface area contributed by atoms with E-state index >= 15 is 0 Å². The number of hydrogen-bond acceptors (Lipinski definition) is 4. The lowest BCUT2D eigenvalue weighted by Crippen LogP contribution is -2.52. The van der Waals surface area contributed by atoms with Crippen molar-refractivity contribution in [1.82, 2.24) is 14.7 Å². The third kappa shape index (κ3) is 3.28. The predicted octanol–water partition coefficient (Wildman–Crippen LogP) is 1.83. The molecular weight excluding hydrogens is 322 g/mol. The molecule has 25 heavy (non-hydrogen) atoms. The number of nitrogens with zero attached hydrogens (tertiary/aromatic N) is 3. The number of carbonyl (C=O) groups is 2. The van der Waals surface area contributed by atoms with Gasteiger partial charge in [-0.1, -0.05) is 12.1 Å². The van der Waals surface area contributed by atoms with Gasteiger partial charge in [-0.2, -0.15) is 5.10 Å². The first-order valence-corrected chi connectivity index (χ1v) is 8.18. The number of carbonyl (C=O) groups excluding carboxylic acids is 1. The van der Waals surface area contributed by atoms with Crippen LogP contribution in [0.4, 0.5) is 0 Å². The van der Waals surface area contributed by atoms with Crippen LogP contribution in [-0.2, 0) is 9.53 Å². The fourth-order valence-corrected chi connectivity index (χ4v) is 3.37. The molecule has 1 aromatic heterocycles. The number of piperidine rings is 1. The van der Waals surface area contributed by atoms with E-state index < -0.39 is 11.4 Å². The Labute approximate surface area is 145 Å². The molecule has 7 nitrogen and oxygen atoms in total. The molecule has 3 rings (SSSR count). The van der Waals surface area contributed by atoms with Crippen molar-refractivity contribution in [2.75, 3.05) is 26.8 Å². The van der Waals surface area contributed by atoms with Crippen LogP contribution in [0.25, 0.3) is 5.69 Å². The number of likely N-dealkylation sites (tertiary alicyclic amines) is 1. The molecule has 1 aliphatic rings. The summed E-state index contributed by atoms with van der Waals surface area (Å²) in [4.78, 5) is 26.5. The van der Waals surface area contributed by atoms with E-state index in [-0.39, 0.29) is 19.1 Å². The smallest absolute Gasteiger partial charge is 0.313 e. The summed E-state index contributed by atoms with van der Waals surface area (Å²) >= 11 is 0. The molecule has 1 unspecified atom stereocenters. The van der Waals surface area contributed by atoms with E-state index in [4.69, 9.17) is 4.74 Å². The number of ether oxygens (including phenoxy) is 1.